The van der Waals surface area contributed by atoms with Crippen LogP contribution in [-0.4, -0.2) is 33.0 Å². The number of nitrogens with one attached hydrogen (secondary N) is 1. The Hall–Kier alpha value is -2.90. The van der Waals surface area contributed by atoms with Crippen molar-refractivity contribution in [3.05, 3.63) is 65.1 Å². The number of primary amides is 1. The number of hydrogen-bond acceptors (Lipinski definition) is 4. The first-order valence-corrected chi connectivity index (χ1v) is 10.1. The average Bonchev–Trinajstić information content (AvgIpc) is 3.12. The van der Waals surface area contributed by atoms with Gasteiger partial charge < -0.3 is 15.8 Å². The van der Waals surface area contributed by atoms with Gasteiger partial charge in [0.1, 0.15) is 5.15 Å². The Labute approximate surface area is 180 Å². The monoisotopic (exact) mass is 427 g/mol. The highest BCUT2D eigenvalue weighted by molar-refractivity contribution is 6.30. The number of aromatic nitrogens is 3. The van der Waals surface area contributed by atoms with Gasteiger partial charge in [-0.25, -0.2) is 9.78 Å². The second-order valence-electron chi connectivity index (χ2n) is 7.40. The van der Waals surface area contributed by atoms with Crippen molar-refractivity contribution in [1.82, 2.24) is 20.1 Å². The van der Waals surface area contributed by atoms with Crippen LogP contribution in [0.2, 0.25) is 5.15 Å². The number of carbonyl (C=O) groups is 1. The molecule has 0 aliphatic carbocycles. The van der Waals surface area contributed by atoms with Gasteiger partial charge in [-0.3, -0.25) is 4.68 Å². The predicted octanol–water partition coefficient (Wildman–Crippen LogP) is 4.32. The molecule has 2 aromatic heterocycles. The van der Waals surface area contributed by atoms with Gasteiger partial charge in [-0.1, -0.05) is 48.0 Å². The maximum absolute atomic E-state index is 11.5. The van der Waals surface area contributed by atoms with E-state index in [1.807, 2.05) is 67.9 Å². The van der Waals surface area contributed by atoms with E-state index in [1.165, 1.54) is 0 Å². The van der Waals surface area contributed by atoms with Gasteiger partial charge in [0.2, 0.25) is 0 Å². The Morgan fingerprint density at radius 2 is 2.10 bits per heavy atom. The van der Waals surface area contributed by atoms with Gasteiger partial charge >= 0.3 is 6.03 Å². The Morgan fingerprint density at radius 3 is 2.77 bits per heavy atom. The molecule has 0 radical (unpaired) electrons. The molecule has 0 spiro atoms. The van der Waals surface area contributed by atoms with Gasteiger partial charge in [-0.2, -0.15) is 5.10 Å². The molecule has 0 saturated carbocycles. The number of urea groups is 1. The van der Waals surface area contributed by atoms with Gasteiger partial charge in [0.15, 0.2) is 0 Å². The summed E-state index contributed by atoms with van der Waals surface area (Å²) in [6.45, 7) is 6.89. The SMILES string of the molecule is CCn1ncc2cc(Cl)nc(/C=C\COC(C)(C)C(NC(N)=O)c3ccccc3)c21. The zero-order chi connectivity index (χ0) is 21.7. The molecule has 30 heavy (non-hydrogen) atoms. The predicted molar refractivity (Wildman–Crippen MR) is 119 cm³/mol. The maximum Gasteiger partial charge on any atom is 0.312 e. The topological polar surface area (TPSA) is 95.1 Å². The lowest BCUT2D eigenvalue weighted by Gasteiger charge is -2.34. The molecule has 8 heteroatoms. The van der Waals surface area contributed by atoms with E-state index >= 15 is 0 Å². The van der Waals surface area contributed by atoms with Crippen LogP contribution in [0.3, 0.4) is 0 Å². The molecule has 2 heterocycles. The molecule has 0 saturated heterocycles. The number of pyridine rings is 1. The van der Waals surface area contributed by atoms with Crippen LogP contribution in [0.1, 0.15) is 38.1 Å². The standard InChI is InChI=1S/C22H26ClN5O2/c1-4-28-19-16(14-25-28)13-18(23)26-17(19)11-8-12-30-22(2,3)20(27-21(24)29)15-9-6-5-7-10-15/h5-11,13-14,20H,4,12H2,1-3H3,(H3,24,27,29)/b11-8-. The van der Waals surface area contributed by atoms with E-state index in [-0.39, 0.29) is 0 Å². The second-order valence-corrected chi connectivity index (χ2v) is 7.78. The first-order chi connectivity index (χ1) is 14.3. The van der Waals surface area contributed by atoms with E-state index in [2.05, 4.69) is 15.4 Å². The number of carbonyl (C=O) groups excluding carboxylic acids is 1. The number of fused-ring (bicyclic) bond motifs is 1. The minimum absolute atomic E-state index is 0.312. The lowest BCUT2D eigenvalue weighted by Crippen LogP contribution is -2.46. The zero-order valence-corrected chi connectivity index (χ0v) is 18.1. The molecule has 0 bridgehead atoms. The summed E-state index contributed by atoms with van der Waals surface area (Å²) < 4.78 is 7.99. The van der Waals surface area contributed by atoms with E-state index < -0.39 is 17.7 Å². The molecule has 1 unspecified atom stereocenters. The lowest BCUT2D eigenvalue weighted by atomic mass is 9.91. The van der Waals surface area contributed by atoms with Crippen molar-refractivity contribution >= 4 is 34.6 Å². The van der Waals surface area contributed by atoms with E-state index in [0.717, 1.165) is 28.7 Å². The van der Waals surface area contributed by atoms with Gasteiger partial charge in [0.25, 0.3) is 0 Å². The average molecular weight is 428 g/mol. The highest BCUT2D eigenvalue weighted by Gasteiger charge is 2.32. The van der Waals surface area contributed by atoms with E-state index in [1.54, 1.807) is 12.3 Å². The van der Waals surface area contributed by atoms with E-state index in [4.69, 9.17) is 22.1 Å². The molecular weight excluding hydrogens is 402 g/mol. The third kappa shape index (κ3) is 4.98. The molecule has 1 atom stereocenters. The molecule has 0 aliphatic heterocycles. The van der Waals surface area contributed by atoms with Crippen molar-refractivity contribution in [2.45, 2.75) is 39.0 Å². The van der Waals surface area contributed by atoms with Crippen LogP contribution in [0.15, 0.2) is 48.7 Å². The van der Waals surface area contributed by atoms with Crippen LogP contribution in [-0.2, 0) is 11.3 Å². The smallest absolute Gasteiger partial charge is 0.312 e. The van der Waals surface area contributed by atoms with Gasteiger partial charge in [-0.15, -0.1) is 0 Å². The van der Waals surface area contributed by atoms with Crippen LogP contribution in [0.4, 0.5) is 4.79 Å². The first-order valence-electron chi connectivity index (χ1n) is 9.75. The number of benzene rings is 1. The highest BCUT2D eigenvalue weighted by Crippen LogP contribution is 2.29. The summed E-state index contributed by atoms with van der Waals surface area (Å²) in [7, 11) is 0. The van der Waals surface area contributed by atoms with Crippen LogP contribution < -0.4 is 11.1 Å². The fourth-order valence-electron chi connectivity index (χ4n) is 3.42. The molecule has 0 aliphatic rings. The highest BCUT2D eigenvalue weighted by atomic mass is 35.5. The van der Waals surface area contributed by atoms with Gasteiger partial charge in [0, 0.05) is 11.9 Å². The summed E-state index contributed by atoms with van der Waals surface area (Å²) in [6, 6.07) is 10.4. The maximum atomic E-state index is 11.5. The fourth-order valence-corrected chi connectivity index (χ4v) is 3.63. The van der Waals surface area contributed by atoms with Crippen molar-refractivity contribution in [3.63, 3.8) is 0 Å². The molecule has 158 valence electrons. The minimum Gasteiger partial charge on any atom is -0.369 e. The third-order valence-electron chi connectivity index (χ3n) is 4.85. The van der Waals surface area contributed by atoms with Crippen molar-refractivity contribution in [2.75, 3.05) is 6.61 Å². The number of nitrogens with two attached hydrogens (primary N) is 1. The Balaban J connectivity index is 1.77. The van der Waals surface area contributed by atoms with Crippen LogP contribution in [0.25, 0.3) is 17.0 Å². The summed E-state index contributed by atoms with van der Waals surface area (Å²) in [5.74, 6) is 0. The number of hydrogen-bond donors (Lipinski definition) is 2. The van der Waals surface area contributed by atoms with Crippen LogP contribution >= 0.6 is 11.6 Å². The van der Waals surface area contributed by atoms with Crippen molar-refractivity contribution < 1.29 is 9.53 Å². The van der Waals surface area contributed by atoms with Crippen molar-refractivity contribution in [3.8, 4) is 0 Å². The number of rotatable bonds is 8. The summed E-state index contributed by atoms with van der Waals surface area (Å²) >= 11 is 6.15. The van der Waals surface area contributed by atoms with E-state index in [9.17, 15) is 4.79 Å². The quantitative estimate of drug-likeness (QED) is 0.523. The number of amides is 2. The summed E-state index contributed by atoms with van der Waals surface area (Å²) in [4.78, 5) is 16.0. The number of nitrogens with zero attached hydrogens (tertiary/aromatic N) is 3. The number of halogens is 1. The lowest BCUT2D eigenvalue weighted by molar-refractivity contribution is -0.0279. The Morgan fingerprint density at radius 1 is 1.37 bits per heavy atom. The zero-order valence-electron chi connectivity index (χ0n) is 17.3. The Bertz CT molecular complexity index is 1050. The summed E-state index contributed by atoms with van der Waals surface area (Å²) in [6.07, 6.45) is 5.53. The number of aryl methyl sites for hydroxylation is 1. The van der Waals surface area contributed by atoms with Crippen molar-refractivity contribution in [1.29, 1.82) is 0 Å². The van der Waals surface area contributed by atoms with Gasteiger partial charge in [0.05, 0.1) is 35.7 Å². The van der Waals surface area contributed by atoms with Crippen LogP contribution in [0.5, 0.6) is 0 Å². The molecule has 3 rings (SSSR count). The molecule has 3 aromatic rings. The molecule has 1 aromatic carbocycles. The first kappa shape index (κ1) is 21.8. The van der Waals surface area contributed by atoms with E-state index in [0.29, 0.717) is 11.8 Å². The fraction of sp³-hybridized carbons (Fsp3) is 0.318. The molecule has 3 N–H and O–H groups in total. The third-order valence-corrected chi connectivity index (χ3v) is 5.05. The molecular formula is C22H26ClN5O2. The normalized spacial score (nSPS) is 13.1. The second kappa shape index (κ2) is 9.28. The molecule has 0 fully saturated rings. The minimum atomic E-state index is -0.705. The Kier molecular flexibility index (Phi) is 6.74. The molecule has 2 amide bonds. The summed E-state index contributed by atoms with van der Waals surface area (Å²) in [5.41, 5.74) is 7.26. The van der Waals surface area contributed by atoms with Gasteiger partial charge in [-0.05, 0) is 38.5 Å². The van der Waals surface area contributed by atoms with Crippen LogP contribution in [0, 0.1) is 0 Å². The number of ether oxygens (including phenoxy) is 1. The largest absolute Gasteiger partial charge is 0.369 e. The molecule has 7 nitrogen and oxygen atoms in total. The summed E-state index contributed by atoms with van der Waals surface area (Å²) in [5, 5.41) is 8.50. The van der Waals surface area contributed by atoms with Crippen molar-refractivity contribution in [2.24, 2.45) is 5.73 Å².